The zero-order valence-corrected chi connectivity index (χ0v) is 6.12. The zero-order chi connectivity index (χ0) is 10.5. The van der Waals surface area contributed by atoms with Crippen LogP contribution in [0.25, 0.3) is 10.4 Å². The molecule has 1 unspecified atom stereocenters. The molecule has 0 aromatic heterocycles. The van der Waals surface area contributed by atoms with Gasteiger partial charge in [-0.05, 0) is 5.53 Å². The quantitative estimate of drug-likeness (QED) is 0.408. The van der Waals surface area contributed by atoms with Gasteiger partial charge in [-0.15, -0.1) is 0 Å². The Balaban J connectivity index is 4.36. The molecule has 6 nitrogen and oxygen atoms in total. The van der Waals surface area contributed by atoms with E-state index in [9.17, 15) is 18.0 Å². The van der Waals surface area contributed by atoms with Crippen LogP contribution in [0.4, 0.5) is 18.0 Å². The van der Waals surface area contributed by atoms with Crippen molar-refractivity contribution < 1.29 is 23.1 Å². The van der Waals surface area contributed by atoms with Crippen LogP contribution in [-0.4, -0.2) is 30.0 Å². The first kappa shape index (κ1) is 11.4. The van der Waals surface area contributed by atoms with Crippen LogP contribution in [0.2, 0.25) is 0 Å². The second kappa shape index (κ2) is 4.41. The van der Waals surface area contributed by atoms with Crippen LogP contribution in [0.3, 0.4) is 0 Å². The number of carbonyl (C=O) groups is 1. The van der Waals surface area contributed by atoms with Crippen molar-refractivity contribution >= 4 is 6.09 Å². The van der Waals surface area contributed by atoms with Gasteiger partial charge in [0.15, 0.2) is 0 Å². The number of halogens is 3. The molecule has 0 saturated heterocycles. The molecule has 0 radical (unpaired) electrons. The van der Waals surface area contributed by atoms with Gasteiger partial charge >= 0.3 is 12.3 Å². The maximum absolute atomic E-state index is 11.9. The summed E-state index contributed by atoms with van der Waals surface area (Å²) < 4.78 is 35.7. The molecule has 0 rings (SSSR count). The zero-order valence-electron chi connectivity index (χ0n) is 6.12. The number of amides is 1. The maximum atomic E-state index is 11.9. The normalized spacial score (nSPS) is 12.8. The Morgan fingerprint density at radius 1 is 1.69 bits per heavy atom. The molecule has 13 heavy (non-hydrogen) atoms. The standard InChI is InChI=1S/C4H5F3N4O2/c5-4(6,7)2(1-9-11-8)10-3(12)13/h2,10H,1H2,(H,12,13). The van der Waals surface area contributed by atoms with Crippen molar-refractivity contribution in [2.24, 2.45) is 5.11 Å². The number of nitrogens with one attached hydrogen (secondary N) is 1. The van der Waals surface area contributed by atoms with Crippen LogP contribution in [-0.2, 0) is 0 Å². The Labute approximate surface area is 70.0 Å². The van der Waals surface area contributed by atoms with E-state index in [2.05, 4.69) is 10.0 Å². The molecule has 1 amide bonds. The summed E-state index contributed by atoms with van der Waals surface area (Å²) in [5, 5.41) is 11.8. The van der Waals surface area contributed by atoms with Crippen LogP contribution in [0.1, 0.15) is 0 Å². The molecule has 0 fully saturated rings. The van der Waals surface area contributed by atoms with Crippen LogP contribution in [0, 0.1) is 0 Å². The lowest BCUT2D eigenvalue weighted by atomic mass is 10.3. The van der Waals surface area contributed by atoms with E-state index >= 15 is 0 Å². The summed E-state index contributed by atoms with van der Waals surface area (Å²) >= 11 is 0. The van der Waals surface area contributed by atoms with Crippen LogP contribution in [0.5, 0.6) is 0 Å². The van der Waals surface area contributed by atoms with Gasteiger partial charge in [-0.3, -0.25) is 0 Å². The molecule has 0 bridgehead atoms. The van der Waals surface area contributed by atoms with Crippen LogP contribution < -0.4 is 5.32 Å². The van der Waals surface area contributed by atoms with Crippen LogP contribution >= 0.6 is 0 Å². The third kappa shape index (κ3) is 4.75. The first-order valence-corrected chi connectivity index (χ1v) is 2.95. The average molecular weight is 198 g/mol. The molecule has 1 atom stereocenters. The molecule has 0 aromatic rings. The molecular weight excluding hydrogens is 193 g/mol. The van der Waals surface area contributed by atoms with Crippen LogP contribution in [0.15, 0.2) is 5.11 Å². The molecule has 0 aliphatic carbocycles. The Morgan fingerprint density at radius 3 is 2.54 bits per heavy atom. The van der Waals surface area contributed by atoms with Gasteiger partial charge in [0.05, 0.1) is 6.54 Å². The topological polar surface area (TPSA) is 98.1 Å². The molecule has 0 heterocycles. The average Bonchev–Trinajstić information content (AvgIpc) is 1.95. The lowest BCUT2D eigenvalue weighted by Gasteiger charge is -2.17. The summed E-state index contributed by atoms with van der Waals surface area (Å²) in [7, 11) is 0. The van der Waals surface area contributed by atoms with E-state index in [4.69, 9.17) is 10.6 Å². The highest BCUT2D eigenvalue weighted by atomic mass is 19.4. The Hall–Kier alpha value is -1.63. The highest BCUT2D eigenvalue weighted by Gasteiger charge is 2.40. The van der Waals surface area contributed by atoms with E-state index in [1.165, 1.54) is 5.32 Å². The number of rotatable bonds is 3. The fraction of sp³-hybridized carbons (Fsp3) is 0.750. The van der Waals surface area contributed by atoms with Gasteiger partial charge in [0.1, 0.15) is 6.04 Å². The monoisotopic (exact) mass is 198 g/mol. The Kier molecular flexibility index (Phi) is 3.86. The predicted molar refractivity (Wildman–Crippen MR) is 35.0 cm³/mol. The number of alkyl halides is 3. The molecule has 0 saturated carbocycles. The van der Waals surface area contributed by atoms with Gasteiger partial charge in [0, 0.05) is 4.91 Å². The lowest BCUT2D eigenvalue weighted by Crippen LogP contribution is -2.46. The Morgan fingerprint density at radius 2 is 2.23 bits per heavy atom. The molecule has 9 heteroatoms. The first-order valence-electron chi connectivity index (χ1n) is 2.95. The van der Waals surface area contributed by atoms with E-state index in [0.29, 0.717) is 0 Å². The van der Waals surface area contributed by atoms with E-state index in [0.717, 1.165) is 0 Å². The number of nitrogens with zero attached hydrogens (tertiary/aromatic N) is 3. The van der Waals surface area contributed by atoms with Crippen molar-refractivity contribution in [1.82, 2.24) is 5.32 Å². The minimum atomic E-state index is -4.76. The van der Waals surface area contributed by atoms with Gasteiger partial charge in [-0.2, -0.15) is 13.2 Å². The number of azide groups is 1. The molecule has 0 aliphatic heterocycles. The van der Waals surface area contributed by atoms with Gasteiger partial charge in [0.2, 0.25) is 0 Å². The van der Waals surface area contributed by atoms with Gasteiger partial charge < -0.3 is 10.4 Å². The molecule has 74 valence electrons. The largest absolute Gasteiger partial charge is 0.465 e. The molecule has 0 aromatic carbocycles. The third-order valence-corrected chi connectivity index (χ3v) is 1.02. The van der Waals surface area contributed by atoms with E-state index in [-0.39, 0.29) is 0 Å². The third-order valence-electron chi connectivity index (χ3n) is 1.02. The summed E-state index contributed by atoms with van der Waals surface area (Å²) in [6.07, 6.45) is -6.58. The van der Waals surface area contributed by atoms with Crippen molar-refractivity contribution in [3.63, 3.8) is 0 Å². The highest BCUT2D eigenvalue weighted by Crippen LogP contribution is 2.20. The highest BCUT2D eigenvalue weighted by molar-refractivity contribution is 5.65. The number of hydrogen-bond donors (Lipinski definition) is 2. The number of carboxylic acid groups (broad SMARTS) is 1. The van der Waals surface area contributed by atoms with E-state index in [1.54, 1.807) is 0 Å². The summed E-state index contributed by atoms with van der Waals surface area (Å²) in [6.45, 7) is -0.994. The second-order valence-corrected chi connectivity index (χ2v) is 1.96. The van der Waals surface area contributed by atoms with Crippen molar-refractivity contribution in [3.8, 4) is 0 Å². The smallest absolute Gasteiger partial charge is 0.408 e. The van der Waals surface area contributed by atoms with Gasteiger partial charge in [-0.25, -0.2) is 4.79 Å². The minimum Gasteiger partial charge on any atom is -0.465 e. The van der Waals surface area contributed by atoms with Crippen molar-refractivity contribution in [2.45, 2.75) is 12.2 Å². The first-order chi connectivity index (χ1) is 5.88. The summed E-state index contributed by atoms with van der Waals surface area (Å²) in [5.74, 6) is 0. The fourth-order valence-corrected chi connectivity index (χ4v) is 0.498. The molecule has 2 N–H and O–H groups in total. The summed E-state index contributed by atoms with van der Waals surface area (Å²) in [5.41, 5.74) is 7.73. The summed E-state index contributed by atoms with van der Waals surface area (Å²) in [4.78, 5) is 12.0. The fourth-order valence-electron chi connectivity index (χ4n) is 0.498. The molecule has 0 spiro atoms. The SMILES string of the molecule is [N-]=[N+]=NCC(NC(=O)O)C(F)(F)F. The van der Waals surface area contributed by atoms with Gasteiger partial charge in [0.25, 0.3) is 0 Å². The molecule has 0 aliphatic rings. The summed E-state index contributed by atoms with van der Waals surface area (Å²) in [6, 6.07) is -2.36. The van der Waals surface area contributed by atoms with Crippen molar-refractivity contribution in [1.29, 1.82) is 0 Å². The second-order valence-electron chi connectivity index (χ2n) is 1.96. The van der Waals surface area contributed by atoms with Crippen molar-refractivity contribution in [3.05, 3.63) is 10.4 Å². The minimum absolute atomic E-state index is 0.994. The van der Waals surface area contributed by atoms with E-state index < -0.39 is 24.9 Å². The molecular formula is C4H5F3N4O2. The van der Waals surface area contributed by atoms with E-state index in [1.807, 2.05) is 0 Å². The number of hydrogen-bond acceptors (Lipinski definition) is 2. The lowest BCUT2D eigenvalue weighted by molar-refractivity contribution is -0.151. The predicted octanol–water partition coefficient (Wildman–Crippen LogP) is 1.50. The van der Waals surface area contributed by atoms with Crippen molar-refractivity contribution in [2.75, 3.05) is 6.54 Å². The van der Waals surface area contributed by atoms with Gasteiger partial charge in [-0.1, -0.05) is 5.11 Å². The Bertz CT molecular complexity index is 230. The maximum Gasteiger partial charge on any atom is 0.408 e.